The molecule has 0 radical (unpaired) electrons. The lowest BCUT2D eigenvalue weighted by Gasteiger charge is -2.13. The van der Waals surface area contributed by atoms with Crippen molar-refractivity contribution >= 4 is 11.8 Å². The van der Waals surface area contributed by atoms with E-state index in [1.54, 1.807) is 7.11 Å². The molecule has 1 aromatic carbocycles. The third-order valence-corrected chi connectivity index (χ3v) is 4.44. The van der Waals surface area contributed by atoms with Crippen molar-refractivity contribution in [3.8, 4) is 5.88 Å². The first kappa shape index (κ1) is 12.5. The number of ether oxygens (including phenoxy) is 1. The fourth-order valence-electron chi connectivity index (χ4n) is 2.21. The van der Waals surface area contributed by atoms with Crippen LogP contribution in [-0.4, -0.2) is 17.8 Å². The molecule has 0 spiro atoms. The van der Waals surface area contributed by atoms with Gasteiger partial charge in [-0.3, -0.25) is 0 Å². The Morgan fingerprint density at radius 2 is 2.21 bits per heavy atom. The fraction of sp³-hybridized carbons (Fsp3) is 0.267. The highest BCUT2D eigenvalue weighted by atomic mass is 32.2. The second kappa shape index (κ2) is 5.63. The monoisotopic (exact) mass is 272 g/mol. The zero-order valence-corrected chi connectivity index (χ0v) is 11.6. The van der Waals surface area contributed by atoms with Crippen molar-refractivity contribution in [3.63, 3.8) is 0 Å². The molecule has 2 aromatic rings. The Morgan fingerprint density at radius 1 is 1.32 bits per heavy atom. The summed E-state index contributed by atoms with van der Waals surface area (Å²) < 4.78 is 5.06. The molecule has 1 unspecified atom stereocenters. The van der Waals surface area contributed by atoms with Crippen molar-refractivity contribution < 1.29 is 4.74 Å². The van der Waals surface area contributed by atoms with Crippen molar-refractivity contribution in [2.24, 2.45) is 0 Å². The minimum absolute atomic E-state index is 0.434. The SMILES string of the molecule is COc1ccc(CNC2CSc3ccccc32)cn1. The molecule has 0 amide bonds. The highest BCUT2D eigenvalue weighted by Gasteiger charge is 2.21. The van der Waals surface area contributed by atoms with Crippen LogP contribution >= 0.6 is 11.8 Å². The Morgan fingerprint density at radius 3 is 3.00 bits per heavy atom. The molecule has 0 saturated carbocycles. The molecule has 1 N–H and O–H groups in total. The molecule has 4 heteroatoms. The van der Waals surface area contributed by atoms with E-state index in [9.17, 15) is 0 Å². The number of rotatable bonds is 4. The quantitative estimate of drug-likeness (QED) is 0.927. The summed E-state index contributed by atoms with van der Waals surface area (Å²) in [4.78, 5) is 5.62. The summed E-state index contributed by atoms with van der Waals surface area (Å²) in [6.07, 6.45) is 1.86. The van der Waals surface area contributed by atoms with E-state index in [1.807, 2.05) is 30.1 Å². The van der Waals surface area contributed by atoms with Gasteiger partial charge in [-0.2, -0.15) is 0 Å². The van der Waals surface area contributed by atoms with E-state index in [1.165, 1.54) is 16.0 Å². The average Bonchev–Trinajstić information content (AvgIpc) is 2.89. The molecule has 1 aliphatic heterocycles. The summed E-state index contributed by atoms with van der Waals surface area (Å²) in [5, 5.41) is 3.59. The lowest BCUT2D eigenvalue weighted by molar-refractivity contribution is 0.397. The number of hydrogen-bond acceptors (Lipinski definition) is 4. The van der Waals surface area contributed by atoms with Gasteiger partial charge < -0.3 is 10.1 Å². The van der Waals surface area contributed by atoms with Gasteiger partial charge in [0.05, 0.1) is 7.11 Å². The lowest BCUT2D eigenvalue weighted by atomic mass is 10.1. The molecule has 3 nitrogen and oxygen atoms in total. The van der Waals surface area contributed by atoms with Crippen LogP contribution in [0.4, 0.5) is 0 Å². The van der Waals surface area contributed by atoms with Gasteiger partial charge in [0.25, 0.3) is 0 Å². The van der Waals surface area contributed by atoms with Crippen LogP contribution < -0.4 is 10.1 Å². The Kier molecular flexibility index (Phi) is 3.71. The fourth-order valence-corrected chi connectivity index (χ4v) is 3.40. The maximum absolute atomic E-state index is 5.06. The number of hydrogen-bond donors (Lipinski definition) is 1. The summed E-state index contributed by atoms with van der Waals surface area (Å²) in [7, 11) is 1.63. The Balaban J connectivity index is 1.64. The maximum Gasteiger partial charge on any atom is 0.212 e. The topological polar surface area (TPSA) is 34.1 Å². The molecule has 1 aliphatic rings. The second-order valence-corrected chi connectivity index (χ2v) is 5.55. The summed E-state index contributed by atoms with van der Waals surface area (Å²) in [5.41, 5.74) is 2.59. The van der Waals surface area contributed by atoms with Gasteiger partial charge in [-0.1, -0.05) is 24.3 Å². The molecule has 0 bridgehead atoms. The zero-order valence-electron chi connectivity index (χ0n) is 10.8. The van der Waals surface area contributed by atoms with Crippen LogP contribution in [0.15, 0.2) is 47.5 Å². The highest BCUT2D eigenvalue weighted by molar-refractivity contribution is 7.99. The number of methoxy groups -OCH3 is 1. The van der Waals surface area contributed by atoms with Crippen molar-refractivity contribution in [1.29, 1.82) is 0 Å². The number of fused-ring (bicyclic) bond motifs is 1. The number of thioether (sulfide) groups is 1. The van der Waals surface area contributed by atoms with Gasteiger partial charge in [-0.15, -0.1) is 11.8 Å². The molecule has 98 valence electrons. The zero-order chi connectivity index (χ0) is 13.1. The van der Waals surface area contributed by atoms with E-state index in [0.29, 0.717) is 11.9 Å². The summed E-state index contributed by atoms with van der Waals surface area (Å²) >= 11 is 1.92. The number of nitrogens with one attached hydrogen (secondary N) is 1. The maximum atomic E-state index is 5.06. The van der Waals surface area contributed by atoms with Crippen molar-refractivity contribution in [2.75, 3.05) is 12.9 Å². The molecule has 19 heavy (non-hydrogen) atoms. The molecule has 3 rings (SSSR count). The number of benzene rings is 1. The van der Waals surface area contributed by atoms with E-state index in [-0.39, 0.29) is 0 Å². The van der Waals surface area contributed by atoms with E-state index in [0.717, 1.165) is 12.3 Å². The van der Waals surface area contributed by atoms with Crippen LogP contribution in [0.2, 0.25) is 0 Å². The minimum atomic E-state index is 0.434. The normalized spacial score (nSPS) is 17.2. The summed E-state index contributed by atoms with van der Waals surface area (Å²) in [6.45, 7) is 0.830. The van der Waals surface area contributed by atoms with Gasteiger partial charge in [0.2, 0.25) is 5.88 Å². The van der Waals surface area contributed by atoms with Crippen molar-refractivity contribution in [1.82, 2.24) is 10.3 Å². The van der Waals surface area contributed by atoms with E-state index >= 15 is 0 Å². The van der Waals surface area contributed by atoms with Crippen LogP contribution in [0.1, 0.15) is 17.2 Å². The van der Waals surface area contributed by atoms with E-state index in [2.05, 4.69) is 34.6 Å². The predicted molar refractivity (Wildman–Crippen MR) is 77.5 cm³/mol. The number of aromatic nitrogens is 1. The van der Waals surface area contributed by atoms with Gasteiger partial charge in [0.15, 0.2) is 0 Å². The third kappa shape index (κ3) is 2.74. The standard InChI is InChI=1S/C15H16N2OS/c1-18-15-7-6-11(9-17-15)8-16-13-10-19-14-5-3-2-4-12(13)14/h2-7,9,13,16H,8,10H2,1H3. The van der Waals surface area contributed by atoms with Crippen LogP contribution in [-0.2, 0) is 6.54 Å². The Labute approximate surface area is 117 Å². The summed E-state index contributed by atoms with van der Waals surface area (Å²) in [6, 6.07) is 13.0. The first-order valence-corrected chi connectivity index (χ1v) is 7.29. The number of nitrogens with zero attached hydrogens (tertiary/aromatic N) is 1. The van der Waals surface area contributed by atoms with Gasteiger partial charge in [-0.05, 0) is 17.2 Å². The predicted octanol–water partition coefficient (Wildman–Crippen LogP) is 3.03. The first-order chi connectivity index (χ1) is 9.36. The molecule has 0 fully saturated rings. The molecule has 0 aliphatic carbocycles. The van der Waals surface area contributed by atoms with Crippen molar-refractivity contribution in [3.05, 3.63) is 53.7 Å². The van der Waals surface area contributed by atoms with E-state index < -0.39 is 0 Å². The van der Waals surface area contributed by atoms with Crippen LogP contribution in [0.5, 0.6) is 5.88 Å². The molecule has 0 saturated heterocycles. The van der Waals surface area contributed by atoms with Crippen molar-refractivity contribution in [2.45, 2.75) is 17.5 Å². The molecule has 1 aromatic heterocycles. The van der Waals surface area contributed by atoms with Crippen LogP contribution in [0.25, 0.3) is 0 Å². The van der Waals surface area contributed by atoms with E-state index in [4.69, 9.17) is 4.74 Å². The first-order valence-electron chi connectivity index (χ1n) is 6.31. The average molecular weight is 272 g/mol. The van der Waals surface area contributed by atoms with Gasteiger partial charge in [0, 0.05) is 35.5 Å². The van der Waals surface area contributed by atoms with Gasteiger partial charge >= 0.3 is 0 Å². The largest absolute Gasteiger partial charge is 0.481 e. The molecular formula is C15H16N2OS. The Bertz CT molecular complexity index is 556. The Hall–Kier alpha value is -1.52. The van der Waals surface area contributed by atoms with Gasteiger partial charge in [-0.25, -0.2) is 4.98 Å². The highest BCUT2D eigenvalue weighted by Crippen LogP contribution is 2.37. The summed E-state index contributed by atoms with van der Waals surface area (Å²) in [5.74, 6) is 1.76. The number of pyridine rings is 1. The third-order valence-electron chi connectivity index (χ3n) is 3.26. The molecule has 2 heterocycles. The lowest BCUT2D eigenvalue weighted by Crippen LogP contribution is -2.20. The van der Waals surface area contributed by atoms with Gasteiger partial charge in [0.1, 0.15) is 0 Å². The molecule has 1 atom stereocenters. The van der Waals surface area contributed by atoms with Crippen LogP contribution in [0, 0.1) is 0 Å². The second-order valence-electron chi connectivity index (χ2n) is 4.49. The minimum Gasteiger partial charge on any atom is -0.481 e. The molecular weight excluding hydrogens is 256 g/mol. The van der Waals surface area contributed by atoms with Crippen LogP contribution in [0.3, 0.4) is 0 Å². The smallest absolute Gasteiger partial charge is 0.212 e.